The van der Waals surface area contributed by atoms with E-state index >= 15 is 0 Å². The van der Waals surface area contributed by atoms with Crippen molar-refractivity contribution in [2.75, 3.05) is 5.32 Å². The predicted octanol–water partition coefficient (Wildman–Crippen LogP) is 5.45. The molecular weight excluding hydrogens is 281 g/mol. The monoisotopic (exact) mass is 297 g/mol. The molecule has 0 fully saturated rings. The number of hydrogen-bond acceptors (Lipinski definition) is 2. The Morgan fingerprint density at radius 1 is 1.21 bits per heavy atom. The van der Waals surface area contributed by atoms with Crippen molar-refractivity contribution in [2.24, 2.45) is 0 Å². The average Bonchev–Trinajstić information content (AvgIpc) is 2.79. The third-order valence-electron chi connectivity index (χ3n) is 2.79. The van der Waals surface area contributed by atoms with E-state index < -0.39 is 5.82 Å². The topological polar surface area (TPSA) is 12.0 Å². The molecule has 0 atom stereocenters. The van der Waals surface area contributed by atoms with Crippen LogP contribution < -0.4 is 5.32 Å². The predicted molar refractivity (Wildman–Crippen MR) is 81.8 cm³/mol. The smallest absolute Gasteiger partial charge is 0.141 e. The van der Waals surface area contributed by atoms with Crippen molar-refractivity contribution in [3.8, 4) is 0 Å². The number of anilines is 1. The summed E-state index contributed by atoms with van der Waals surface area (Å²) in [5.74, 6) is -0.390. The lowest BCUT2D eigenvalue weighted by Gasteiger charge is -2.15. The second-order valence-corrected chi connectivity index (χ2v) is 7.07. The number of halogens is 2. The maximum absolute atomic E-state index is 13.0. The van der Waals surface area contributed by atoms with E-state index in [1.54, 1.807) is 23.5 Å². The van der Waals surface area contributed by atoms with E-state index in [1.807, 2.05) is 0 Å². The van der Waals surface area contributed by atoms with Crippen LogP contribution in [0.2, 0.25) is 5.02 Å². The van der Waals surface area contributed by atoms with Crippen molar-refractivity contribution >= 4 is 28.6 Å². The molecule has 0 unspecified atom stereocenters. The molecular formula is C15H17ClFNS. The molecule has 1 nitrogen and oxygen atoms in total. The van der Waals surface area contributed by atoms with Gasteiger partial charge in [0.05, 0.1) is 5.02 Å². The molecule has 4 heteroatoms. The highest BCUT2D eigenvalue weighted by Crippen LogP contribution is 2.30. The maximum atomic E-state index is 13.0. The Bertz CT molecular complexity index is 572. The fourth-order valence-corrected chi connectivity index (χ4v) is 2.86. The van der Waals surface area contributed by atoms with Crippen molar-refractivity contribution < 1.29 is 4.39 Å². The molecule has 2 aromatic rings. The van der Waals surface area contributed by atoms with Gasteiger partial charge in [-0.2, -0.15) is 0 Å². The fraction of sp³-hybridized carbons (Fsp3) is 0.333. The van der Waals surface area contributed by atoms with E-state index in [9.17, 15) is 4.39 Å². The molecule has 0 aliphatic carbocycles. The van der Waals surface area contributed by atoms with Crippen LogP contribution in [0.3, 0.4) is 0 Å². The Morgan fingerprint density at radius 3 is 2.53 bits per heavy atom. The van der Waals surface area contributed by atoms with Crippen LogP contribution in [0.4, 0.5) is 10.1 Å². The first-order chi connectivity index (χ1) is 8.86. The zero-order chi connectivity index (χ0) is 14.0. The van der Waals surface area contributed by atoms with E-state index in [-0.39, 0.29) is 10.4 Å². The van der Waals surface area contributed by atoms with Crippen LogP contribution in [-0.4, -0.2) is 0 Å². The maximum Gasteiger partial charge on any atom is 0.141 e. The van der Waals surface area contributed by atoms with Crippen LogP contribution in [0.1, 0.15) is 30.5 Å². The van der Waals surface area contributed by atoms with Gasteiger partial charge in [0.25, 0.3) is 0 Å². The van der Waals surface area contributed by atoms with Gasteiger partial charge in [0.1, 0.15) is 5.82 Å². The Labute approximate surface area is 122 Å². The van der Waals surface area contributed by atoms with Crippen LogP contribution >= 0.6 is 22.9 Å². The minimum atomic E-state index is -0.390. The van der Waals surface area contributed by atoms with E-state index in [0.717, 1.165) is 12.2 Å². The third-order valence-corrected chi connectivity index (χ3v) is 4.59. The van der Waals surface area contributed by atoms with Gasteiger partial charge in [0, 0.05) is 22.0 Å². The lowest BCUT2D eigenvalue weighted by molar-refractivity contribution is 0.604. The quantitative estimate of drug-likeness (QED) is 0.794. The Kier molecular flexibility index (Phi) is 4.16. The van der Waals surface area contributed by atoms with Crippen molar-refractivity contribution in [2.45, 2.75) is 32.7 Å². The summed E-state index contributed by atoms with van der Waals surface area (Å²) in [6.45, 7) is 7.34. The molecule has 102 valence electrons. The molecule has 0 saturated carbocycles. The molecule has 0 amide bonds. The van der Waals surface area contributed by atoms with Crippen molar-refractivity contribution in [1.82, 2.24) is 0 Å². The molecule has 0 aliphatic heterocycles. The van der Waals surface area contributed by atoms with E-state index in [0.29, 0.717) is 0 Å². The van der Waals surface area contributed by atoms with Gasteiger partial charge < -0.3 is 5.32 Å². The van der Waals surface area contributed by atoms with Gasteiger partial charge in [-0.3, -0.25) is 0 Å². The minimum absolute atomic E-state index is 0.145. The SMILES string of the molecule is CC(C)(C)c1ccc(CNc2ccc(F)c(Cl)c2)s1. The summed E-state index contributed by atoms with van der Waals surface area (Å²) >= 11 is 7.54. The molecule has 1 aromatic heterocycles. The molecule has 1 heterocycles. The molecule has 0 aliphatic rings. The lowest BCUT2D eigenvalue weighted by Crippen LogP contribution is -2.07. The molecule has 0 saturated heterocycles. The van der Waals surface area contributed by atoms with Crippen LogP contribution in [0.5, 0.6) is 0 Å². The molecule has 19 heavy (non-hydrogen) atoms. The van der Waals surface area contributed by atoms with Gasteiger partial charge in [-0.15, -0.1) is 11.3 Å². The number of hydrogen-bond donors (Lipinski definition) is 1. The molecule has 0 bridgehead atoms. The zero-order valence-corrected chi connectivity index (χ0v) is 12.8. The van der Waals surface area contributed by atoms with Gasteiger partial charge in [0.2, 0.25) is 0 Å². The zero-order valence-electron chi connectivity index (χ0n) is 11.3. The lowest BCUT2D eigenvalue weighted by atomic mass is 9.95. The number of rotatable bonds is 3. The van der Waals surface area contributed by atoms with Crippen LogP contribution in [-0.2, 0) is 12.0 Å². The summed E-state index contributed by atoms with van der Waals surface area (Å²) in [6.07, 6.45) is 0. The van der Waals surface area contributed by atoms with Crippen LogP contribution in [0, 0.1) is 5.82 Å². The largest absolute Gasteiger partial charge is 0.380 e. The van der Waals surface area contributed by atoms with Crippen molar-refractivity contribution in [3.63, 3.8) is 0 Å². The van der Waals surface area contributed by atoms with E-state index in [2.05, 4.69) is 38.2 Å². The highest BCUT2D eigenvalue weighted by Gasteiger charge is 2.15. The van der Waals surface area contributed by atoms with Crippen LogP contribution in [0.25, 0.3) is 0 Å². The van der Waals surface area contributed by atoms with Crippen LogP contribution in [0.15, 0.2) is 30.3 Å². The third kappa shape index (κ3) is 3.71. The summed E-state index contributed by atoms with van der Waals surface area (Å²) in [7, 11) is 0. The number of nitrogens with one attached hydrogen (secondary N) is 1. The highest BCUT2D eigenvalue weighted by atomic mass is 35.5. The second-order valence-electron chi connectivity index (χ2n) is 5.50. The first kappa shape index (κ1) is 14.4. The Morgan fingerprint density at radius 2 is 1.95 bits per heavy atom. The van der Waals surface area contributed by atoms with Gasteiger partial charge in [0.15, 0.2) is 0 Å². The Balaban J connectivity index is 2.02. The van der Waals surface area contributed by atoms with Crippen molar-refractivity contribution in [3.05, 3.63) is 50.9 Å². The Hall–Kier alpha value is -1.06. The highest BCUT2D eigenvalue weighted by molar-refractivity contribution is 7.12. The van der Waals surface area contributed by atoms with Gasteiger partial charge in [-0.25, -0.2) is 4.39 Å². The fourth-order valence-electron chi connectivity index (χ4n) is 1.67. The van der Waals surface area contributed by atoms with E-state index in [4.69, 9.17) is 11.6 Å². The molecule has 2 rings (SSSR count). The summed E-state index contributed by atoms with van der Waals surface area (Å²) < 4.78 is 13.0. The second kappa shape index (κ2) is 5.51. The minimum Gasteiger partial charge on any atom is -0.380 e. The average molecular weight is 298 g/mol. The molecule has 1 N–H and O–H groups in total. The van der Waals surface area contributed by atoms with Gasteiger partial charge in [-0.1, -0.05) is 32.4 Å². The summed E-state index contributed by atoms with van der Waals surface area (Å²) in [5, 5.41) is 3.40. The summed E-state index contributed by atoms with van der Waals surface area (Å²) in [5.41, 5.74) is 1.01. The van der Waals surface area contributed by atoms with E-state index in [1.165, 1.54) is 15.8 Å². The van der Waals surface area contributed by atoms with Gasteiger partial charge >= 0.3 is 0 Å². The summed E-state index contributed by atoms with van der Waals surface area (Å²) in [6, 6.07) is 8.97. The summed E-state index contributed by atoms with van der Waals surface area (Å²) in [4.78, 5) is 2.62. The first-order valence-corrected chi connectivity index (χ1v) is 7.34. The molecule has 0 radical (unpaired) electrons. The van der Waals surface area contributed by atoms with Crippen molar-refractivity contribution in [1.29, 1.82) is 0 Å². The standard InChI is InChI=1S/C15H17ClFNS/c1-15(2,3)14-7-5-11(19-14)9-18-10-4-6-13(17)12(16)8-10/h4-8,18H,9H2,1-3H3. The van der Waals surface area contributed by atoms with Gasteiger partial charge in [-0.05, 0) is 35.7 Å². The normalized spacial score (nSPS) is 11.6. The first-order valence-electron chi connectivity index (χ1n) is 6.14. The number of thiophene rings is 1. The molecule has 1 aromatic carbocycles. The molecule has 0 spiro atoms. The number of benzene rings is 1.